The molecule has 8 heteroatoms. The predicted octanol–water partition coefficient (Wildman–Crippen LogP) is 6.13. The Morgan fingerprint density at radius 2 is 1.81 bits per heavy atom. The number of aliphatic imine (C=N–C) groups is 1. The van der Waals surface area contributed by atoms with Crippen molar-refractivity contribution in [1.82, 2.24) is 5.01 Å². The zero-order valence-corrected chi connectivity index (χ0v) is 21.5. The van der Waals surface area contributed by atoms with Gasteiger partial charge in [0.1, 0.15) is 5.25 Å². The maximum atomic E-state index is 12.8. The molecule has 2 atom stereocenters. The average Bonchev–Trinajstić information content (AvgIpc) is 3.46. The maximum absolute atomic E-state index is 12.8. The summed E-state index contributed by atoms with van der Waals surface area (Å²) in [5.41, 5.74) is 5.95. The SMILES string of the molecule is Cc1ccc(NC(=O)C[C@H]2SC(N3N=C(c4ccccc4)C[C@@H]3c3ccc(Cl)cc3)=NC2=O)cc1C. The van der Waals surface area contributed by atoms with Crippen molar-refractivity contribution in [1.29, 1.82) is 0 Å². The average molecular weight is 517 g/mol. The highest BCUT2D eigenvalue weighted by Gasteiger charge is 2.39. The maximum Gasteiger partial charge on any atom is 0.262 e. The number of carbonyl (C=O) groups excluding carboxylic acids is 2. The molecule has 3 aromatic rings. The second kappa shape index (κ2) is 10.3. The molecular formula is C28H25ClN4O2S. The lowest BCUT2D eigenvalue weighted by molar-refractivity contribution is -0.121. The van der Waals surface area contributed by atoms with E-state index in [0.717, 1.165) is 33.7 Å². The van der Waals surface area contributed by atoms with Crippen LogP contribution in [0, 0.1) is 13.8 Å². The smallest absolute Gasteiger partial charge is 0.262 e. The summed E-state index contributed by atoms with van der Waals surface area (Å²) in [5, 5.41) is 10.2. The Balaban J connectivity index is 1.33. The van der Waals surface area contributed by atoms with Gasteiger partial charge in [-0.3, -0.25) is 9.59 Å². The minimum atomic E-state index is -0.589. The molecule has 0 radical (unpaired) electrons. The highest BCUT2D eigenvalue weighted by molar-refractivity contribution is 8.15. The molecule has 3 aromatic carbocycles. The number of halogens is 1. The number of carbonyl (C=O) groups is 2. The van der Waals surface area contributed by atoms with Crippen LogP contribution in [-0.4, -0.2) is 33.0 Å². The molecule has 2 amide bonds. The van der Waals surface area contributed by atoms with Gasteiger partial charge < -0.3 is 5.32 Å². The van der Waals surface area contributed by atoms with Gasteiger partial charge in [0.2, 0.25) is 5.91 Å². The monoisotopic (exact) mass is 516 g/mol. The van der Waals surface area contributed by atoms with E-state index in [4.69, 9.17) is 16.7 Å². The molecule has 0 unspecified atom stereocenters. The van der Waals surface area contributed by atoms with E-state index in [9.17, 15) is 9.59 Å². The van der Waals surface area contributed by atoms with Crippen molar-refractivity contribution >= 4 is 51.7 Å². The predicted molar refractivity (Wildman–Crippen MR) is 147 cm³/mol. The highest BCUT2D eigenvalue weighted by Crippen LogP contribution is 2.38. The van der Waals surface area contributed by atoms with Crippen molar-refractivity contribution in [3.63, 3.8) is 0 Å². The quantitative estimate of drug-likeness (QED) is 0.442. The molecule has 5 rings (SSSR count). The van der Waals surface area contributed by atoms with Crippen LogP contribution in [0.15, 0.2) is 82.9 Å². The lowest BCUT2D eigenvalue weighted by atomic mass is 9.99. The minimum Gasteiger partial charge on any atom is -0.326 e. The van der Waals surface area contributed by atoms with Crippen LogP contribution in [0.4, 0.5) is 5.69 Å². The molecule has 1 N–H and O–H groups in total. The molecule has 2 aliphatic heterocycles. The first kappa shape index (κ1) is 24.3. The minimum absolute atomic E-state index is 0.0398. The summed E-state index contributed by atoms with van der Waals surface area (Å²) in [7, 11) is 0. The lowest BCUT2D eigenvalue weighted by Gasteiger charge is -2.23. The molecule has 0 saturated carbocycles. The summed E-state index contributed by atoms with van der Waals surface area (Å²) >= 11 is 7.41. The van der Waals surface area contributed by atoms with Gasteiger partial charge >= 0.3 is 0 Å². The van der Waals surface area contributed by atoms with Crippen molar-refractivity contribution in [3.05, 3.63) is 100 Å². The number of nitrogens with zero attached hydrogens (tertiary/aromatic N) is 3. The largest absolute Gasteiger partial charge is 0.326 e. The summed E-state index contributed by atoms with van der Waals surface area (Å²) in [5.74, 6) is -0.534. The summed E-state index contributed by atoms with van der Waals surface area (Å²) in [6, 6.07) is 23.3. The molecule has 0 aromatic heterocycles. The molecule has 2 heterocycles. The van der Waals surface area contributed by atoms with E-state index in [2.05, 4.69) is 10.3 Å². The van der Waals surface area contributed by atoms with Crippen LogP contribution in [0.5, 0.6) is 0 Å². The van der Waals surface area contributed by atoms with Crippen LogP contribution >= 0.6 is 23.4 Å². The fraction of sp³-hybridized carbons (Fsp3) is 0.214. The first-order valence-electron chi connectivity index (χ1n) is 11.7. The summed E-state index contributed by atoms with van der Waals surface area (Å²) in [4.78, 5) is 29.8. The lowest BCUT2D eigenvalue weighted by Crippen LogP contribution is -2.25. The van der Waals surface area contributed by atoms with Gasteiger partial charge in [-0.15, -0.1) is 0 Å². The number of benzene rings is 3. The summed E-state index contributed by atoms with van der Waals surface area (Å²) in [6.45, 7) is 4.02. The van der Waals surface area contributed by atoms with Crippen LogP contribution in [0.3, 0.4) is 0 Å². The third-order valence-corrected chi connectivity index (χ3v) is 7.75. The van der Waals surface area contributed by atoms with Gasteiger partial charge in [0, 0.05) is 23.6 Å². The van der Waals surface area contributed by atoms with Gasteiger partial charge in [0.15, 0.2) is 5.17 Å². The Kier molecular flexibility index (Phi) is 6.94. The van der Waals surface area contributed by atoms with Crippen LogP contribution in [0.2, 0.25) is 5.02 Å². The highest BCUT2D eigenvalue weighted by atomic mass is 35.5. The van der Waals surface area contributed by atoms with E-state index in [-0.39, 0.29) is 24.3 Å². The first-order chi connectivity index (χ1) is 17.4. The van der Waals surface area contributed by atoms with Gasteiger partial charge in [0.25, 0.3) is 5.91 Å². The molecule has 0 saturated heterocycles. The van der Waals surface area contributed by atoms with Crippen LogP contribution < -0.4 is 5.32 Å². The Hall–Kier alpha value is -3.42. The van der Waals surface area contributed by atoms with E-state index >= 15 is 0 Å². The van der Waals surface area contributed by atoms with Gasteiger partial charge in [-0.05, 0) is 60.4 Å². The summed E-state index contributed by atoms with van der Waals surface area (Å²) in [6.07, 6.45) is 0.704. The van der Waals surface area contributed by atoms with Crippen molar-refractivity contribution in [2.45, 2.75) is 38.0 Å². The summed E-state index contributed by atoms with van der Waals surface area (Å²) < 4.78 is 0. The number of thioether (sulfide) groups is 1. The zero-order chi connectivity index (χ0) is 25.2. The molecule has 182 valence electrons. The number of rotatable bonds is 5. The number of hydrazone groups is 1. The second-order valence-corrected chi connectivity index (χ2v) is 10.5. The van der Waals surface area contributed by atoms with E-state index in [1.54, 1.807) is 0 Å². The number of hydrogen-bond donors (Lipinski definition) is 1. The zero-order valence-electron chi connectivity index (χ0n) is 19.9. The molecule has 6 nitrogen and oxygen atoms in total. The Labute approximate surface area is 219 Å². The number of anilines is 1. The van der Waals surface area contributed by atoms with E-state index < -0.39 is 5.25 Å². The Bertz CT molecular complexity index is 1370. The van der Waals surface area contributed by atoms with Gasteiger partial charge in [-0.25, -0.2) is 5.01 Å². The fourth-order valence-electron chi connectivity index (χ4n) is 4.24. The number of amides is 2. The molecule has 36 heavy (non-hydrogen) atoms. The third kappa shape index (κ3) is 5.22. The van der Waals surface area contributed by atoms with Crippen molar-refractivity contribution in [2.75, 3.05) is 5.32 Å². The van der Waals surface area contributed by atoms with Gasteiger partial charge in [0.05, 0.1) is 11.8 Å². The molecule has 0 spiro atoms. The molecule has 0 bridgehead atoms. The standard InChI is InChI=1S/C28H25ClN4O2S/c1-17-8-13-22(14-18(17)2)30-26(34)16-25-27(35)31-28(36-25)33-24(20-9-11-21(29)12-10-20)15-23(32-33)19-6-4-3-5-7-19/h3-14,24-25H,15-16H2,1-2H3,(H,30,34)/t24-,25-/m1/s1. The van der Waals surface area contributed by atoms with Crippen LogP contribution in [0.25, 0.3) is 0 Å². The van der Waals surface area contributed by atoms with Gasteiger partial charge in [-0.2, -0.15) is 10.1 Å². The molecule has 0 aliphatic carbocycles. The topological polar surface area (TPSA) is 74.1 Å². The number of hydrogen-bond acceptors (Lipinski definition) is 5. The fourth-order valence-corrected chi connectivity index (χ4v) is 5.43. The second-order valence-electron chi connectivity index (χ2n) is 8.92. The van der Waals surface area contributed by atoms with Crippen molar-refractivity contribution < 1.29 is 9.59 Å². The van der Waals surface area contributed by atoms with Crippen LogP contribution in [0.1, 0.15) is 41.1 Å². The van der Waals surface area contributed by atoms with E-state index in [0.29, 0.717) is 16.6 Å². The number of nitrogens with one attached hydrogen (secondary N) is 1. The Morgan fingerprint density at radius 3 is 2.53 bits per heavy atom. The van der Waals surface area contributed by atoms with Gasteiger partial charge in [-0.1, -0.05) is 71.9 Å². The number of aryl methyl sites for hydroxylation is 2. The van der Waals surface area contributed by atoms with Crippen LogP contribution in [-0.2, 0) is 9.59 Å². The third-order valence-electron chi connectivity index (χ3n) is 6.36. The van der Waals surface area contributed by atoms with Crippen molar-refractivity contribution in [2.24, 2.45) is 10.1 Å². The first-order valence-corrected chi connectivity index (χ1v) is 13.0. The molecular weight excluding hydrogens is 492 g/mol. The molecule has 0 fully saturated rings. The normalized spacial score (nSPS) is 19.3. The van der Waals surface area contributed by atoms with E-state index in [1.165, 1.54) is 11.8 Å². The van der Waals surface area contributed by atoms with Crippen molar-refractivity contribution in [3.8, 4) is 0 Å². The van der Waals surface area contributed by atoms with E-state index in [1.807, 2.05) is 91.7 Å². The molecule has 2 aliphatic rings. The Morgan fingerprint density at radius 1 is 1.06 bits per heavy atom. The number of amidine groups is 1.